The Bertz CT molecular complexity index is 357. The summed E-state index contributed by atoms with van der Waals surface area (Å²) in [6.45, 7) is 1.84. The number of halogens is 2. The molecule has 94 valence electrons. The number of hydrogen-bond acceptors (Lipinski definition) is 2. The minimum absolute atomic E-state index is 0.375. The molecule has 1 heterocycles. The molecule has 2 nitrogen and oxygen atoms in total. The van der Waals surface area contributed by atoms with Crippen molar-refractivity contribution in [1.82, 2.24) is 10.3 Å². The van der Waals surface area contributed by atoms with Crippen molar-refractivity contribution in [3.8, 4) is 0 Å². The molecule has 1 aliphatic rings. The van der Waals surface area contributed by atoms with Gasteiger partial charge in [0.1, 0.15) is 0 Å². The van der Waals surface area contributed by atoms with E-state index in [1.165, 1.54) is 19.3 Å². The van der Waals surface area contributed by atoms with E-state index in [2.05, 4.69) is 10.3 Å². The summed E-state index contributed by atoms with van der Waals surface area (Å²) < 4.78 is 0. The van der Waals surface area contributed by atoms with Gasteiger partial charge in [-0.25, -0.2) is 0 Å². The van der Waals surface area contributed by atoms with Crippen LogP contribution in [0.1, 0.15) is 31.2 Å². The van der Waals surface area contributed by atoms with Crippen LogP contribution in [-0.2, 0) is 6.54 Å². The molecule has 2 unspecified atom stereocenters. The average Bonchev–Trinajstić information content (AvgIpc) is 2.32. The standard InChI is InChI=1S/C13H18Cl2N2/c14-12-3-1-2-10(6-12)7-17-8-11-4-5-16-9-13(11)15/h4-5,9-10,12,17H,1-3,6-8H2. The minimum Gasteiger partial charge on any atom is -0.312 e. The summed E-state index contributed by atoms with van der Waals surface area (Å²) in [6.07, 6.45) is 8.33. The highest BCUT2D eigenvalue weighted by Gasteiger charge is 2.19. The van der Waals surface area contributed by atoms with Crippen molar-refractivity contribution in [2.24, 2.45) is 5.92 Å². The van der Waals surface area contributed by atoms with Gasteiger partial charge in [0.05, 0.1) is 5.02 Å². The summed E-state index contributed by atoms with van der Waals surface area (Å²) in [5.41, 5.74) is 1.11. The van der Waals surface area contributed by atoms with Gasteiger partial charge >= 0.3 is 0 Å². The van der Waals surface area contributed by atoms with E-state index < -0.39 is 0 Å². The summed E-state index contributed by atoms with van der Waals surface area (Å²) in [4.78, 5) is 3.98. The fourth-order valence-electron chi connectivity index (χ4n) is 2.37. The molecule has 1 aromatic rings. The third-order valence-electron chi connectivity index (χ3n) is 3.32. The molecule has 0 spiro atoms. The smallest absolute Gasteiger partial charge is 0.0634 e. The SMILES string of the molecule is Clc1cnccc1CNCC1CCCC(Cl)C1. The van der Waals surface area contributed by atoms with E-state index in [1.807, 2.05) is 6.07 Å². The van der Waals surface area contributed by atoms with E-state index >= 15 is 0 Å². The first kappa shape index (κ1) is 13.1. The van der Waals surface area contributed by atoms with Crippen molar-refractivity contribution < 1.29 is 0 Å². The van der Waals surface area contributed by atoms with Gasteiger partial charge in [-0.15, -0.1) is 11.6 Å². The molecule has 0 aliphatic heterocycles. The lowest BCUT2D eigenvalue weighted by Crippen LogP contribution is -2.27. The molecular weight excluding hydrogens is 255 g/mol. The first-order chi connectivity index (χ1) is 8.25. The van der Waals surface area contributed by atoms with E-state index in [4.69, 9.17) is 23.2 Å². The fraction of sp³-hybridized carbons (Fsp3) is 0.615. The van der Waals surface area contributed by atoms with E-state index in [-0.39, 0.29) is 0 Å². The van der Waals surface area contributed by atoms with Crippen molar-refractivity contribution in [1.29, 1.82) is 0 Å². The Morgan fingerprint density at radius 1 is 1.41 bits per heavy atom. The molecule has 0 saturated heterocycles. The van der Waals surface area contributed by atoms with Gasteiger partial charge in [0.2, 0.25) is 0 Å². The number of nitrogens with one attached hydrogen (secondary N) is 1. The predicted molar refractivity (Wildman–Crippen MR) is 72.6 cm³/mol. The summed E-state index contributed by atoms with van der Waals surface area (Å²) in [6, 6.07) is 1.96. The van der Waals surface area contributed by atoms with Gasteiger partial charge in [0.15, 0.2) is 0 Å². The van der Waals surface area contributed by atoms with Crippen molar-refractivity contribution in [3.05, 3.63) is 29.0 Å². The molecule has 1 saturated carbocycles. The van der Waals surface area contributed by atoms with E-state index in [1.54, 1.807) is 12.4 Å². The molecule has 1 fully saturated rings. The lowest BCUT2D eigenvalue weighted by molar-refractivity contribution is 0.346. The van der Waals surface area contributed by atoms with Crippen molar-refractivity contribution >= 4 is 23.2 Å². The van der Waals surface area contributed by atoms with Gasteiger partial charge in [-0.1, -0.05) is 18.0 Å². The second-order valence-corrected chi connectivity index (χ2v) is 5.75. The molecule has 2 rings (SSSR count). The maximum atomic E-state index is 6.18. The monoisotopic (exact) mass is 272 g/mol. The molecule has 0 radical (unpaired) electrons. The fourth-order valence-corrected chi connectivity index (χ4v) is 2.96. The summed E-state index contributed by atoms with van der Waals surface area (Å²) >= 11 is 12.2. The molecule has 0 amide bonds. The quantitative estimate of drug-likeness (QED) is 0.847. The number of nitrogens with zero attached hydrogens (tertiary/aromatic N) is 1. The molecule has 4 heteroatoms. The normalized spacial score (nSPS) is 24.8. The van der Waals surface area contributed by atoms with Crippen LogP contribution < -0.4 is 5.32 Å². The number of aromatic nitrogens is 1. The summed E-state index contributed by atoms with van der Waals surface area (Å²) in [5, 5.41) is 4.57. The maximum Gasteiger partial charge on any atom is 0.0634 e. The highest BCUT2D eigenvalue weighted by atomic mass is 35.5. The zero-order valence-electron chi connectivity index (χ0n) is 9.83. The number of alkyl halides is 1. The highest BCUT2D eigenvalue weighted by Crippen LogP contribution is 2.27. The summed E-state index contributed by atoms with van der Waals surface area (Å²) in [7, 11) is 0. The van der Waals surface area contributed by atoms with Gasteiger partial charge in [0, 0.05) is 24.3 Å². The van der Waals surface area contributed by atoms with Crippen LogP contribution in [0.5, 0.6) is 0 Å². The first-order valence-corrected chi connectivity index (χ1v) is 7.00. The van der Waals surface area contributed by atoms with Crippen LogP contribution in [0.3, 0.4) is 0 Å². The Morgan fingerprint density at radius 2 is 2.29 bits per heavy atom. The van der Waals surface area contributed by atoms with Crippen LogP contribution >= 0.6 is 23.2 Å². The third-order valence-corrected chi connectivity index (χ3v) is 4.06. The molecule has 17 heavy (non-hydrogen) atoms. The molecule has 2 atom stereocenters. The number of pyridine rings is 1. The van der Waals surface area contributed by atoms with Gasteiger partial charge in [-0.05, 0) is 43.4 Å². The Labute approximate surface area is 113 Å². The van der Waals surface area contributed by atoms with Crippen LogP contribution in [-0.4, -0.2) is 16.9 Å². The van der Waals surface area contributed by atoms with Crippen LogP contribution in [0, 0.1) is 5.92 Å². The molecule has 0 bridgehead atoms. The largest absolute Gasteiger partial charge is 0.312 e. The lowest BCUT2D eigenvalue weighted by Gasteiger charge is -2.25. The van der Waals surface area contributed by atoms with E-state index in [9.17, 15) is 0 Å². The molecular formula is C13H18Cl2N2. The van der Waals surface area contributed by atoms with Gasteiger partial charge in [-0.3, -0.25) is 4.98 Å². The zero-order chi connectivity index (χ0) is 12.1. The Kier molecular flexibility index (Phi) is 5.08. The van der Waals surface area contributed by atoms with Gasteiger partial charge < -0.3 is 5.32 Å². The predicted octanol–water partition coefficient (Wildman–Crippen LogP) is 3.62. The second-order valence-electron chi connectivity index (χ2n) is 4.73. The van der Waals surface area contributed by atoms with Crippen LogP contribution in [0.15, 0.2) is 18.5 Å². The molecule has 1 N–H and O–H groups in total. The van der Waals surface area contributed by atoms with Crippen LogP contribution in [0.25, 0.3) is 0 Å². The van der Waals surface area contributed by atoms with Crippen molar-refractivity contribution in [2.45, 2.75) is 37.6 Å². The lowest BCUT2D eigenvalue weighted by atomic mass is 9.89. The highest BCUT2D eigenvalue weighted by molar-refractivity contribution is 6.31. The van der Waals surface area contributed by atoms with Crippen molar-refractivity contribution in [3.63, 3.8) is 0 Å². The molecule has 1 aliphatic carbocycles. The first-order valence-electron chi connectivity index (χ1n) is 6.19. The third kappa shape index (κ3) is 4.13. The van der Waals surface area contributed by atoms with E-state index in [0.717, 1.165) is 30.1 Å². The topological polar surface area (TPSA) is 24.9 Å². The molecule has 1 aromatic heterocycles. The van der Waals surface area contributed by atoms with Crippen LogP contribution in [0.4, 0.5) is 0 Å². The van der Waals surface area contributed by atoms with Crippen LogP contribution in [0.2, 0.25) is 5.02 Å². The van der Waals surface area contributed by atoms with Gasteiger partial charge in [0.25, 0.3) is 0 Å². The summed E-state index contributed by atoms with van der Waals surface area (Å²) in [5.74, 6) is 0.715. The Hall–Kier alpha value is -0.310. The number of hydrogen-bond donors (Lipinski definition) is 1. The molecule has 0 aromatic carbocycles. The zero-order valence-corrected chi connectivity index (χ0v) is 11.3. The average molecular weight is 273 g/mol. The second kappa shape index (κ2) is 6.58. The Balaban J connectivity index is 1.74. The van der Waals surface area contributed by atoms with Gasteiger partial charge in [-0.2, -0.15) is 0 Å². The maximum absolute atomic E-state index is 6.18. The minimum atomic E-state index is 0.375. The van der Waals surface area contributed by atoms with Crippen molar-refractivity contribution in [2.75, 3.05) is 6.54 Å². The number of rotatable bonds is 4. The van der Waals surface area contributed by atoms with E-state index in [0.29, 0.717) is 11.3 Å². The Morgan fingerprint density at radius 3 is 3.06 bits per heavy atom.